The Morgan fingerprint density at radius 1 is 1.37 bits per heavy atom. The smallest absolute Gasteiger partial charge is 0.176 e. The minimum atomic E-state index is 0.0232. The maximum atomic E-state index is 5.67. The summed E-state index contributed by atoms with van der Waals surface area (Å²) in [4.78, 5) is 1.46. The van der Waals surface area contributed by atoms with Gasteiger partial charge in [0.25, 0.3) is 0 Å². The highest BCUT2D eigenvalue weighted by atomic mass is 15.6. The summed E-state index contributed by atoms with van der Waals surface area (Å²) in [6, 6.07) is 6.63. The van der Waals surface area contributed by atoms with E-state index in [0.717, 1.165) is 0 Å². The van der Waals surface area contributed by atoms with Crippen LogP contribution in [0.25, 0.3) is 0 Å². The first-order valence-corrected chi connectivity index (χ1v) is 6.57. The topological polar surface area (TPSA) is 81.7 Å². The number of hydrogen-bond acceptors (Lipinski definition) is 5. The molecule has 1 aliphatic carbocycles. The summed E-state index contributed by atoms with van der Waals surface area (Å²) in [6.07, 6.45) is 4.26. The molecule has 3 N–H and O–H groups in total. The molecule has 0 radical (unpaired) electrons. The molecule has 0 amide bonds. The van der Waals surface area contributed by atoms with E-state index < -0.39 is 0 Å². The van der Waals surface area contributed by atoms with E-state index in [9.17, 15) is 0 Å². The number of hydrogen-bond donors (Lipinski definition) is 2. The van der Waals surface area contributed by atoms with Crippen LogP contribution in [0, 0.1) is 0 Å². The number of nitrogens with zero attached hydrogens (tertiary/aromatic N) is 4. The lowest BCUT2D eigenvalue weighted by atomic mass is 9.99. The van der Waals surface area contributed by atoms with Crippen LogP contribution in [0.2, 0.25) is 0 Å². The van der Waals surface area contributed by atoms with E-state index in [4.69, 9.17) is 5.84 Å². The molecule has 1 atom stereocenters. The van der Waals surface area contributed by atoms with E-state index in [1.54, 1.807) is 7.05 Å². The standard InChI is InChI=1S/C13H18N6/c1-19-17-13(16-18-19)8-12(15-14)11-6-5-9-3-2-4-10(9)7-11/h5-7,12,15H,2-4,8,14H2,1H3. The maximum Gasteiger partial charge on any atom is 0.176 e. The van der Waals surface area contributed by atoms with Gasteiger partial charge in [0.2, 0.25) is 0 Å². The number of hydrazine groups is 1. The van der Waals surface area contributed by atoms with Gasteiger partial charge in [-0.15, -0.1) is 10.2 Å². The molecule has 1 heterocycles. The molecule has 0 saturated heterocycles. The average molecular weight is 258 g/mol. The number of benzene rings is 1. The van der Waals surface area contributed by atoms with Crippen LogP contribution < -0.4 is 11.3 Å². The lowest BCUT2D eigenvalue weighted by Crippen LogP contribution is -2.30. The molecule has 0 spiro atoms. The highest BCUT2D eigenvalue weighted by Crippen LogP contribution is 2.26. The summed E-state index contributed by atoms with van der Waals surface area (Å²) in [5.74, 6) is 6.37. The van der Waals surface area contributed by atoms with Crippen molar-refractivity contribution in [1.29, 1.82) is 0 Å². The van der Waals surface area contributed by atoms with E-state index >= 15 is 0 Å². The van der Waals surface area contributed by atoms with Gasteiger partial charge in [-0.2, -0.15) is 4.80 Å². The fourth-order valence-corrected chi connectivity index (χ4v) is 2.67. The summed E-state index contributed by atoms with van der Waals surface area (Å²) in [5, 5.41) is 12.0. The number of nitrogens with two attached hydrogens (primary N) is 1. The molecule has 6 nitrogen and oxygen atoms in total. The number of aromatic nitrogens is 4. The Labute approximate surface area is 112 Å². The summed E-state index contributed by atoms with van der Waals surface area (Å²) in [6.45, 7) is 0. The van der Waals surface area contributed by atoms with Crippen LogP contribution in [0.3, 0.4) is 0 Å². The van der Waals surface area contributed by atoms with E-state index in [1.165, 1.54) is 40.7 Å². The molecule has 19 heavy (non-hydrogen) atoms. The molecule has 1 aromatic carbocycles. The van der Waals surface area contributed by atoms with Crippen LogP contribution in [0.5, 0.6) is 0 Å². The number of rotatable bonds is 4. The molecule has 0 saturated carbocycles. The molecule has 100 valence electrons. The molecule has 3 rings (SSSR count). The minimum Gasteiger partial charge on any atom is -0.271 e. The summed E-state index contributed by atoms with van der Waals surface area (Å²) in [5.41, 5.74) is 6.96. The largest absolute Gasteiger partial charge is 0.271 e. The van der Waals surface area contributed by atoms with E-state index in [1.807, 2.05) is 0 Å². The fourth-order valence-electron chi connectivity index (χ4n) is 2.67. The second kappa shape index (κ2) is 5.07. The van der Waals surface area contributed by atoms with E-state index in [-0.39, 0.29) is 6.04 Å². The van der Waals surface area contributed by atoms with Crippen molar-refractivity contribution >= 4 is 0 Å². The van der Waals surface area contributed by atoms with Crippen LogP contribution in [-0.4, -0.2) is 20.2 Å². The Bertz CT molecular complexity index is 576. The first-order chi connectivity index (χ1) is 9.26. The molecular formula is C13H18N6. The lowest BCUT2D eigenvalue weighted by molar-refractivity contribution is 0.536. The molecule has 1 unspecified atom stereocenters. The van der Waals surface area contributed by atoms with E-state index in [0.29, 0.717) is 12.2 Å². The SMILES string of the molecule is Cn1nnc(CC(NN)c2ccc3c(c2)CCC3)n1. The van der Waals surface area contributed by atoms with Crippen molar-refractivity contribution in [3.8, 4) is 0 Å². The van der Waals surface area contributed by atoms with Crippen molar-refractivity contribution in [2.45, 2.75) is 31.7 Å². The summed E-state index contributed by atoms with van der Waals surface area (Å²) >= 11 is 0. The highest BCUT2D eigenvalue weighted by Gasteiger charge is 2.17. The van der Waals surface area contributed by atoms with Crippen molar-refractivity contribution < 1.29 is 0 Å². The lowest BCUT2D eigenvalue weighted by Gasteiger charge is -2.15. The van der Waals surface area contributed by atoms with Crippen LogP contribution in [0.4, 0.5) is 0 Å². The first-order valence-electron chi connectivity index (χ1n) is 6.57. The van der Waals surface area contributed by atoms with Crippen molar-refractivity contribution in [3.63, 3.8) is 0 Å². The van der Waals surface area contributed by atoms with Crippen LogP contribution in [0.1, 0.15) is 35.0 Å². The van der Waals surface area contributed by atoms with Gasteiger partial charge < -0.3 is 0 Å². The minimum absolute atomic E-state index is 0.0232. The van der Waals surface area contributed by atoms with Gasteiger partial charge in [0.05, 0.1) is 13.1 Å². The Balaban J connectivity index is 1.82. The fraction of sp³-hybridized carbons (Fsp3) is 0.462. The Morgan fingerprint density at radius 3 is 2.95 bits per heavy atom. The number of aryl methyl sites for hydroxylation is 3. The molecule has 0 fully saturated rings. The summed E-state index contributed by atoms with van der Waals surface area (Å²) < 4.78 is 0. The van der Waals surface area contributed by atoms with Gasteiger partial charge >= 0.3 is 0 Å². The molecular weight excluding hydrogens is 240 g/mol. The number of nitrogens with one attached hydrogen (secondary N) is 1. The number of tetrazole rings is 1. The quantitative estimate of drug-likeness (QED) is 0.614. The van der Waals surface area contributed by atoms with E-state index in [2.05, 4.69) is 39.0 Å². The third-order valence-corrected chi connectivity index (χ3v) is 3.66. The molecule has 6 heteroatoms. The van der Waals surface area contributed by atoms with Gasteiger partial charge in [-0.1, -0.05) is 18.2 Å². The molecule has 1 aliphatic rings. The van der Waals surface area contributed by atoms with Gasteiger partial charge in [0.15, 0.2) is 5.82 Å². The third-order valence-electron chi connectivity index (χ3n) is 3.66. The van der Waals surface area contributed by atoms with Gasteiger partial charge in [0, 0.05) is 6.42 Å². The first kappa shape index (κ1) is 12.3. The summed E-state index contributed by atoms with van der Waals surface area (Å²) in [7, 11) is 1.76. The number of fused-ring (bicyclic) bond motifs is 1. The van der Waals surface area contributed by atoms with Crippen molar-refractivity contribution in [2.75, 3.05) is 0 Å². The highest BCUT2D eigenvalue weighted by molar-refractivity contribution is 5.36. The molecule has 0 aliphatic heterocycles. The van der Waals surface area contributed by atoms with Crippen LogP contribution >= 0.6 is 0 Å². The zero-order chi connectivity index (χ0) is 13.2. The van der Waals surface area contributed by atoms with Gasteiger partial charge in [0.1, 0.15) is 0 Å². The predicted molar refractivity (Wildman–Crippen MR) is 71.0 cm³/mol. The molecule has 2 aromatic rings. The van der Waals surface area contributed by atoms with Gasteiger partial charge in [-0.25, -0.2) is 0 Å². The zero-order valence-corrected chi connectivity index (χ0v) is 11.0. The third kappa shape index (κ3) is 2.50. The normalized spacial score (nSPS) is 15.5. The molecule has 0 bridgehead atoms. The van der Waals surface area contributed by atoms with Crippen molar-refractivity contribution in [3.05, 3.63) is 40.7 Å². The van der Waals surface area contributed by atoms with Crippen LogP contribution in [-0.2, 0) is 26.3 Å². The zero-order valence-electron chi connectivity index (χ0n) is 11.0. The van der Waals surface area contributed by atoms with Gasteiger partial charge in [-0.3, -0.25) is 11.3 Å². The Hall–Kier alpha value is -1.79. The average Bonchev–Trinajstić information content (AvgIpc) is 3.03. The Kier molecular flexibility index (Phi) is 3.27. The second-order valence-electron chi connectivity index (χ2n) is 5.00. The van der Waals surface area contributed by atoms with Crippen molar-refractivity contribution in [2.24, 2.45) is 12.9 Å². The van der Waals surface area contributed by atoms with Crippen LogP contribution in [0.15, 0.2) is 18.2 Å². The predicted octanol–water partition coefficient (Wildman–Crippen LogP) is 0.446. The monoisotopic (exact) mass is 258 g/mol. The van der Waals surface area contributed by atoms with Crippen molar-refractivity contribution in [1.82, 2.24) is 25.6 Å². The second-order valence-corrected chi connectivity index (χ2v) is 5.00. The Morgan fingerprint density at radius 2 is 2.21 bits per heavy atom. The maximum absolute atomic E-state index is 5.67. The van der Waals surface area contributed by atoms with Gasteiger partial charge in [-0.05, 0) is 41.2 Å². The molecule has 1 aromatic heterocycles.